The number of hydroxylamine groups is 2. The first-order chi connectivity index (χ1) is 13.0. The molecule has 0 spiro atoms. The Bertz CT molecular complexity index is 899. The number of fused-ring (bicyclic) bond motifs is 3. The van der Waals surface area contributed by atoms with Gasteiger partial charge in [-0.25, -0.2) is 9.45 Å². The molecule has 6 heteroatoms. The highest BCUT2D eigenvalue weighted by Gasteiger charge is 2.56. The second-order valence-corrected chi connectivity index (χ2v) is 6.91. The van der Waals surface area contributed by atoms with Gasteiger partial charge >= 0.3 is 0 Å². The van der Waals surface area contributed by atoms with Crippen molar-refractivity contribution in [3.63, 3.8) is 0 Å². The molecule has 0 saturated heterocycles. The van der Waals surface area contributed by atoms with Crippen LogP contribution in [0.5, 0.6) is 5.75 Å². The number of hydrogen-bond donors (Lipinski definition) is 0. The van der Waals surface area contributed by atoms with Gasteiger partial charge in [0.25, 0.3) is 5.91 Å². The topological polar surface area (TPSA) is 42.0 Å². The lowest BCUT2D eigenvalue weighted by Crippen LogP contribution is -2.59. The van der Waals surface area contributed by atoms with E-state index >= 15 is 0 Å². The minimum atomic E-state index is -0.929. The molecule has 0 aromatic heterocycles. The summed E-state index contributed by atoms with van der Waals surface area (Å²) in [7, 11) is 3.03. The number of allylic oxidation sites excluding steroid dienone is 1. The van der Waals surface area contributed by atoms with Gasteiger partial charge in [0, 0.05) is 19.2 Å². The fourth-order valence-electron chi connectivity index (χ4n) is 3.98. The van der Waals surface area contributed by atoms with E-state index in [0.29, 0.717) is 0 Å². The van der Waals surface area contributed by atoms with Crippen molar-refractivity contribution in [1.82, 2.24) is 5.06 Å². The Morgan fingerprint density at radius 3 is 2.63 bits per heavy atom. The predicted octanol–water partition coefficient (Wildman–Crippen LogP) is 3.69. The zero-order valence-corrected chi connectivity index (χ0v) is 15.4. The van der Waals surface area contributed by atoms with Crippen LogP contribution in [-0.4, -0.2) is 30.9 Å². The molecule has 3 atom stereocenters. The molecule has 2 heterocycles. The molecule has 2 aromatic rings. The lowest BCUT2D eigenvalue weighted by molar-refractivity contribution is -0.180. The first kappa shape index (κ1) is 17.5. The highest BCUT2D eigenvalue weighted by molar-refractivity contribution is 5.83. The lowest BCUT2D eigenvalue weighted by Gasteiger charge is -2.45. The van der Waals surface area contributed by atoms with Crippen LogP contribution in [0.3, 0.4) is 0 Å². The highest BCUT2D eigenvalue weighted by Crippen LogP contribution is 2.52. The fourth-order valence-corrected chi connectivity index (χ4v) is 3.98. The van der Waals surface area contributed by atoms with Crippen LogP contribution in [0.2, 0.25) is 0 Å². The van der Waals surface area contributed by atoms with Gasteiger partial charge in [0.1, 0.15) is 17.5 Å². The van der Waals surface area contributed by atoms with E-state index in [2.05, 4.69) is 0 Å². The van der Waals surface area contributed by atoms with E-state index in [0.717, 1.165) is 17.0 Å². The van der Waals surface area contributed by atoms with E-state index in [1.807, 2.05) is 48.4 Å². The van der Waals surface area contributed by atoms with Crippen molar-refractivity contribution < 1.29 is 18.8 Å². The monoisotopic (exact) mass is 368 g/mol. The van der Waals surface area contributed by atoms with Crippen molar-refractivity contribution in [1.29, 1.82) is 0 Å². The van der Waals surface area contributed by atoms with Crippen molar-refractivity contribution in [2.45, 2.75) is 18.6 Å². The number of halogens is 1. The Morgan fingerprint density at radius 1 is 1.22 bits per heavy atom. The zero-order chi connectivity index (χ0) is 19.2. The maximum absolute atomic E-state index is 13.4. The van der Waals surface area contributed by atoms with Crippen LogP contribution in [-0.2, 0) is 9.63 Å². The number of carbonyl (C=O) groups excluding carboxylic acids is 1. The molecule has 2 aliphatic heterocycles. The SMILES string of the molecule is CON(C)C(=O)[C@H]1[C@H](c2ccc(F)cc2)C=CN2c3ccccc3O[C@]12C. The summed E-state index contributed by atoms with van der Waals surface area (Å²) < 4.78 is 19.7. The molecule has 2 aliphatic rings. The summed E-state index contributed by atoms with van der Waals surface area (Å²) >= 11 is 0. The minimum absolute atomic E-state index is 0.212. The summed E-state index contributed by atoms with van der Waals surface area (Å²) in [6.45, 7) is 1.90. The van der Waals surface area contributed by atoms with Crippen molar-refractivity contribution in [3.05, 3.63) is 72.2 Å². The molecule has 27 heavy (non-hydrogen) atoms. The molecule has 140 valence electrons. The summed E-state index contributed by atoms with van der Waals surface area (Å²) in [4.78, 5) is 20.4. The number of ether oxygens (including phenoxy) is 1. The molecule has 0 fully saturated rings. The summed E-state index contributed by atoms with van der Waals surface area (Å²) in [6.07, 6.45) is 3.91. The van der Waals surface area contributed by atoms with Gasteiger partial charge in [-0.1, -0.05) is 30.3 Å². The average Bonchev–Trinajstić information content (AvgIpc) is 2.98. The molecule has 4 rings (SSSR count). The van der Waals surface area contributed by atoms with Crippen molar-refractivity contribution in [2.24, 2.45) is 5.92 Å². The average molecular weight is 368 g/mol. The minimum Gasteiger partial charge on any atom is -0.465 e. The molecule has 5 nitrogen and oxygen atoms in total. The van der Waals surface area contributed by atoms with E-state index in [9.17, 15) is 9.18 Å². The second kappa shape index (κ2) is 6.39. The van der Waals surface area contributed by atoms with E-state index in [1.165, 1.54) is 24.3 Å². The van der Waals surface area contributed by atoms with Gasteiger partial charge in [0.2, 0.25) is 0 Å². The first-order valence-electron chi connectivity index (χ1n) is 8.78. The number of anilines is 1. The van der Waals surface area contributed by atoms with Gasteiger partial charge in [-0.05, 0) is 36.8 Å². The van der Waals surface area contributed by atoms with Crippen molar-refractivity contribution in [2.75, 3.05) is 19.1 Å². The lowest BCUT2D eigenvalue weighted by atomic mass is 9.76. The summed E-state index contributed by atoms with van der Waals surface area (Å²) in [6, 6.07) is 13.9. The number of amides is 1. The number of rotatable bonds is 3. The van der Waals surface area contributed by atoms with Gasteiger partial charge in [-0.2, -0.15) is 0 Å². The van der Waals surface area contributed by atoms with Crippen LogP contribution in [0, 0.1) is 11.7 Å². The Kier molecular flexibility index (Phi) is 4.15. The summed E-state index contributed by atoms with van der Waals surface area (Å²) in [5.41, 5.74) is 0.823. The third-order valence-corrected chi connectivity index (χ3v) is 5.40. The molecular formula is C21H21FN2O3. The van der Waals surface area contributed by atoms with Crippen LogP contribution in [0.15, 0.2) is 60.8 Å². The van der Waals surface area contributed by atoms with Crippen LogP contribution in [0.4, 0.5) is 10.1 Å². The van der Waals surface area contributed by atoms with Crippen molar-refractivity contribution >= 4 is 11.6 Å². The van der Waals surface area contributed by atoms with E-state index in [4.69, 9.17) is 9.57 Å². The molecule has 0 unspecified atom stereocenters. The van der Waals surface area contributed by atoms with Crippen LogP contribution in [0.25, 0.3) is 0 Å². The quantitative estimate of drug-likeness (QED) is 0.775. The number of para-hydroxylation sites is 2. The molecule has 0 bridgehead atoms. The van der Waals surface area contributed by atoms with Crippen LogP contribution in [0.1, 0.15) is 18.4 Å². The van der Waals surface area contributed by atoms with E-state index in [-0.39, 0.29) is 17.6 Å². The summed E-state index contributed by atoms with van der Waals surface area (Å²) in [5.74, 6) is -0.678. The van der Waals surface area contributed by atoms with Crippen LogP contribution < -0.4 is 9.64 Å². The Labute approximate surface area is 157 Å². The Morgan fingerprint density at radius 2 is 1.93 bits per heavy atom. The predicted molar refractivity (Wildman–Crippen MR) is 99.5 cm³/mol. The second-order valence-electron chi connectivity index (χ2n) is 6.91. The van der Waals surface area contributed by atoms with Crippen molar-refractivity contribution in [3.8, 4) is 5.75 Å². The smallest absolute Gasteiger partial charge is 0.255 e. The largest absolute Gasteiger partial charge is 0.465 e. The number of carbonyl (C=O) groups is 1. The normalized spacial score (nSPS) is 25.6. The van der Waals surface area contributed by atoms with Gasteiger partial charge in [-0.3, -0.25) is 9.63 Å². The third-order valence-electron chi connectivity index (χ3n) is 5.40. The zero-order valence-electron chi connectivity index (χ0n) is 15.4. The fraction of sp³-hybridized carbons (Fsp3) is 0.286. The molecule has 0 radical (unpaired) electrons. The first-order valence-corrected chi connectivity index (χ1v) is 8.78. The standard InChI is InChI=1S/C21H21FN2O3/c1-21-19(20(25)23(2)26-3)16(14-8-10-15(22)11-9-14)12-13-24(21)17-6-4-5-7-18(17)27-21/h4-13,16,19H,1-3H3/t16-,19+,21+/m0/s1. The highest BCUT2D eigenvalue weighted by atomic mass is 19.1. The molecule has 0 saturated carbocycles. The van der Waals surface area contributed by atoms with Crippen LogP contribution >= 0.6 is 0 Å². The van der Waals surface area contributed by atoms with E-state index in [1.54, 1.807) is 19.2 Å². The van der Waals surface area contributed by atoms with Gasteiger partial charge < -0.3 is 9.64 Å². The number of nitrogens with zero attached hydrogens (tertiary/aromatic N) is 2. The third kappa shape index (κ3) is 2.68. The summed E-state index contributed by atoms with van der Waals surface area (Å²) in [5, 5.41) is 1.22. The number of hydrogen-bond acceptors (Lipinski definition) is 4. The molecule has 0 aliphatic carbocycles. The van der Waals surface area contributed by atoms with Gasteiger partial charge in [0.15, 0.2) is 5.72 Å². The molecule has 1 amide bonds. The molecule has 2 aromatic carbocycles. The Balaban J connectivity index is 1.83. The number of benzene rings is 2. The van der Waals surface area contributed by atoms with Gasteiger partial charge in [-0.15, -0.1) is 0 Å². The Hall–Kier alpha value is -2.86. The maximum atomic E-state index is 13.4. The van der Waals surface area contributed by atoms with Gasteiger partial charge in [0.05, 0.1) is 12.8 Å². The molecular weight excluding hydrogens is 347 g/mol. The molecule has 0 N–H and O–H groups in total. The maximum Gasteiger partial charge on any atom is 0.255 e. The van der Waals surface area contributed by atoms with E-state index < -0.39 is 11.6 Å².